The van der Waals surface area contributed by atoms with Crippen LogP contribution in [0.25, 0.3) is 0 Å². The number of hydrogen-bond donors (Lipinski definition) is 3. The van der Waals surface area contributed by atoms with Crippen molar-refractivity contribution in [3.8, 4) is 0 Å². The van der Waals surface area contributed by atoms with Crippen molar-refractivity contribution < 1.29 is 48.5 Å². The fraction of sp³-hybridized carbons (Fsp3) is 0.375. The lowest BCUT2D eigenvalue weighted by molar-refractivity contribution is -0.151. The molecule has 1 fully saturated rings. The summed E-state index contributed by atoms with van der Waals surface area (Å²) in [6.45, 7) is 0.911. The van der Waals surface area contributed by atoms with E-state index in [1.54, 1.807) is 12.1 Å². The van der Waals surface area contributed by atoms with Gasteiger partial charge in [-0.25, -0.2) is 9.59 Å². The highest BCUT2D eigenvalue weighted by molar-refractivity contribution is 8.00. The van der Waals surface area contributed by atoms with Crippen molar-refractivity contribution in [3.05, 3.63) is 46.7 Å². The van der Waals surface area contributed by atoms with Gasteiger partial charge in [0, 0.05) is 24.7 Å². The quantitative estimate of drug-likeness (QED) is 0.207. The first-order chi connectivity index (χ1) is 18.0. The molecule has 0 aliphatic carbocycles. The maximum Gasteiger partial charge on any atom is 0.352 e. The molecule has 1 unspecified atom stereocenters. The lowest BCUT2D eigenvalue weighted by atomic mass is 10.0. The standard InChI is InChI=1S/C24H23N3O10S/c1-11(28)37-9-12-10-38-22-17(21(32)27(22)18(12)24(35)36)25-16(29)8-4-7-15(23(33)34)26-19(30)13-5-2-3-6-14(13)20(26)31/h2-3,5-6,15,17,22H,4,7-10H2,1H3,(H,25,29)(H,33,34)(H,35,36)/t15?,17-,22+/m1/s1. The highest BCUT2D eigenvalue weighted by atomic mass is 32.2. The molecule has 0 spiro atoms. The molecule has 3 atom stereocenters. The number of ether oxygens (including phenoxy) is 1. The number of rotatable bonds is 10. The zero-order chi connectivity index (χ0) is 27.7. The van der Waals surface area contributed by atoms with Gasteiger partial charge in [-0.15, -0.1) is 11.8 Å². The molecule has 3 aliphatic rings. The van der Waals surface area contributed by atoms with E-state index >= 15 is 0 Å². The maximum absolute atomic E-state index is 12.7. The van der Waals surface area contributed by atoms with Gasteiger partial charge in [-0.3, -0.25) is 33.8 Å². The van der Waals surface area contributed by atoms with Gasteiger partial charge in [0.15, 0.2) is 0 Å². The average Bonchev–Trinajstić information content (AvgIpc) is 3.12. The summed E-state index contributed by atoms with van der Waals surface area (Å²) >= 11 is 1.21. The van der Waals surface area contributed by atoms with E-state index < -0.39 is 59.0 Å². The van der Waals surface area contributed by atoms with Gasteiger partial charge in [0.05, 0.1) is 11.1 Å². The van der Waals surface area contributed by atoms with Gasteiger partial charge in [-0.1, -0.05) is 12.1 Å². The number of nitrogens with one attached hydrogen (secondary N) is 1. The molecule has 1 aromatic carbocycles. The molecule has 4 rings (SSSR count). The minimum atomic E-state index is -1.47. The number of aliphatic carboxylic acids is 2. The molecule has 0 aromatic heterocycles. The molecule has 14 heteroatoms. The highest BCUT2D eigenvalue weighted by Crippen LogP contribution is 2.40. The molecule has 0 radical (unpaired) electrons. The molecule has 3 heterocycles. The Hall–Kier alpha value is -4.20. The van der Waals surface area contributed by atoms with Gasteiger partial charge in [0.2, 0.25) is 5.91 Å². The van der Waals surface area contributed by atoms with Gasteiger partial charge < -0.3 is 20.3 Å². The number of hydrogen-bond acceptors (Lipinski definition) is 9. The number of benzene rings is 1. The second-order valence-electron chi connectivity index (χ2n) is 8.76. The van der Waals surface area contributed by atoms with E-state index in [0.717, 1.165) is 4.90 Å². The van der Waals surface area contributed by atoms with Crippen molar-refractivity contribution >= 4 is 53.3 Å². The van der Waals surface area contributed by atoms with Crippen LogP contribution in [0.4, 0.5) is 0 Å². The summed E-state index contributed by atoms with van der Waals surface area (Å²) in [7, 11) is 0. The van der Waals surface area contributed by atoms with Crippen molar-refractivity contribution in [2.75, 3.05) is 12.4 Å². The van der Waals surface area contributed by atoms with Crippen LogP contribution in [0.1, 0.15) is 46.9 Å². The predicted molar refractivity (Wildman–Crippen MR) is 129 cm³/mol. The zero-order valence-corrected chi connectivity index (χ0v) is 20.9. The van der Waals surface area contributed by atoms with Gasteiger partial charge in [0.1, 0.15) is 29.8 Å². The molecule has 200 valence electrons. The Morgan fingerprint density at radius 3 is 2.29 bits per heavy atom. The molecule has 1 aromatic rings. The number of carbonyl (C=O) groups is 7. The highest BCUT2D eigenvalue weighted by Gasteiger charge is 2.54. The lowest BCUT2D eigenvalue weighted by Gasteiger charge is -2.49. The van der Waals surface area contributed by atoms with Crippen molar-refractivity contribution in [1.82, 2.24) is 15.1 Å². The number of esters is 1. The molecule has 0 bridgehead atoms. The van der Waals surface area contributed by atoms with Crippen LogP contribution in [0, 0.1) is 0 Å². The average molecular weight is 546 g/mol. The number of thioether (sulfide) groups is 1. The first kappa shape index (κ1) is 26.9. The van der Waals surface area contributed by atoms with E-state index in [0.29, 0.717) is 4.90 Å². The summed E-state index contributed by atoms with van der Waals surface area (Å²) in [6.07, 6.45) is -0.360. The number of carbonyl (C=O) groups excluding carboxylic acids is 5. The van der Waals surface area contributed by atoms with Gasteiger partial charge in [-0.2, -0.15) is 0 Å². The number of β-lactam (4-membered cyclic amide) rings is 1. The third-order valence-corrected chi connectivity index (χ3v) is 7.66. The van der Waals surface area contributed by atoms with Gasteiger partial charge in [0.25, 0.3) is 17.7 Å². The molecule has 1 saturated heterocycles. The van der Waals surface area contributed by atoms with Crippen LogP contribution in [-0.4, -0.2) is 91.4 Å². The van der Waals surface area contributed by atoms with Crippen LogP contribution < -0.4 is 5.32 Å². The molecule has 3 aliphatic heterocycles. The van der Waals surface area contributed by atoms with Gasteiger partial charge >= 0.3 is 17.9 Å². The minimum absolute atomic E-state index is 0.00541. The van der Waals surface area contributed by atoms with Crippen LogP contribution >= 0.6 is 11.8 Å². The summed E-state index contributed by atoms with van der Waals surface area (Å²) in [5, 5.41) is 21.1. The largest absolute Gasteiger partial charge is 0.480 e. The van der Waals surface area contributed by atoms with E-state index in [9.17, 15) is 43.8 Å². The first-order valence-corrected chi connectivity index (χ1v) is 12.6. The number of amides is 4. The van der Waals surface area contributed by atoms with E-state index in [2.05, 4.69) is 5.32 Å². The maximum atomic E-state index is 12.7. The monoisotopic (exact) mass is 545 g/mol. The van der Waals surface area contributed by atoms with Gasteiger partial charge in [-0.05, 0) is 25.0 Å². The number of fused-ring (bicyclic) bond motifs is 2. The van der Waals surface area contributed by atoms with E-state index in [-0.39, 0.29) is 54.0 Å². The first-order valence-electron chi connectivity index (χ1n) is 11.5. The fourth-order valence-electron chi connectivity index (χ4n) is 4.54. The lowest BCUT2D eigenvalue weighted by Crippen LogP contribution is -2.70. The van der Waals surface area contributed by atoms with Crippen LogP contribution in [0.15, 0.2) is 35.5 Å². The number of carboxylic acid groups (broad SMARTS) is 2. The van der Waals surface area contributed by atoms with Crippen LogP contribution in [-0.2, 0) is 28.7 Å². The predicted octanol–water partition coefficient (Wildman–Crippen LogP) is 0.208. The summed E-state index contributed by atoms with van der Waals surface area (Å²) in [5.41, 5.74) is 0.214. The van der Waals surface area contributed by atoms with E-state index in [4.69, 9.17) is 4.74 Å². The fourth-order valence-corrected chi connectivity index (χ4v) is 5.87. The summed E-state index contributed by atoms with van der Waals surface area (Å²) < 4.78 is 4.88. The number of carboxylic acids is 2. The molecule has 0 saturated carbocycles. The third kappa shape index (κ3) is 4.86. The third-order valence-electron chi connectivity index (χ3n) is 6.32. The van der Waals surface area contributed by atoms with Crippen LogP contribution in [0.3, 0.4) is 0 Å². The molecule has 3 N–H and O–H groups in total. The van der Waals surface area contributed by atoms with Crippen LogP contribution in [0.2, 0.25) is 0 Å². The Kier molecular flexibility index (Phi) is 7.53. The number of nitrogens with zero attached hydrogens (tertiary/aromatic N) is 2. The summed E-state index contributed by atoms with van der Waals surface area (Å²) in [4.78, 5) is 86.9. The minimum Gasteiger partial charge on any atom is -0.480 e. The van der Waals surface area contributed by atoms with Crippen LogP contribution in [0.5, 0.6) is 0 Å². The van der Waals surface area contributed by atoms with Crippen molar-refractivity contribution in [2.24, 2.45) is 0 Å². The Bertz CT molecular complexity index is 1260. The second-order valence-corrected chi connectivity index (χ2v) is 9.87. The molecular formula is C24H23N3O10S. The Morgan fingerprint density at radius 1 is 1.11 bits per heavy atom. The Balaban J connectivity index is 1.34. The summed E-state index contributed by atoms with van der Waals surface area (Å²) in [6, 6.07) is 3.56. The molecule has 38 heavy (non-hydrogen) atoms. The number of imide groups is 1. The smallest absolute Gasteiger partial charge is 0.352 e. The molecule has 4 amide bonds. The zero-order valence-electron chi connectivity index (χ0n) is 20.0. The van der Waals surface area contributed by atoms with E-state index in [1.807, 2.05) is 0 Å². The molecular weight excluding hydrogens is 522 g/mol. The topological polar surface area (TPSA) is 188 Å². The molecule has 13 nitrogen and oxygen atoms in total. The van der Waals surface area contributed by atoms with E-state index in [1.165, 1.54) is 30.8 Å². The van der Waals surface area contributed by atoms with Crippen molar-refractivity contribution in [1.29, 1.82) is 0 Å². The SMILES string of the molecule is CC(=O)OCC1=C(C(=O)O)N2C(=O)[C@@H](NC(=O)CCCC(C(=O)O)N3C(=O)c4ccccc4C3=O)[C@@H]2SC1. The van der Waals surface area contributed by atoms with Crippen molar-refractivity contribution in [2.45, 2.75) is 43.6 Å². The second kappa shape index (κ2) is 10.7. The Labute approximate surface area is 219 Å². The van der Waals surface area contributed by atoms with Crippen molar-refractivity contribution in [3.63, 3.8) is 0 Å². The summed E-state index contributed by atoms with van der Waals surface area (Å²) in [5.74, 6) is -5.80. The normalized spacial score (nSPS) is 20.9. The Morgan fingerprint density at radius 2 is 1.74 bits per heavy atom.